The van der Waals surface area contributed by atoms with Crippen LogP contribution < -0.4 is 0 Å². The summed E-state index contributed by atoms with van der Waals surface area (Å²) in [5.41, 5.74) is 1.10. The summed E-state index contributed by atoms with van der Waals surface area (Å²) >= 11 is 3.57. The number of rotatable bonds is 6. The molecule has 20 heavy (non-hydrogen) atoms. The van der Waals surface area contributed by atoms with Crippen molar-refractivity contribution < 1.29 is 5.11 Å². The minimum Gasteiger partial charge on any atom is -0.395 e. The van der Waals surface area contributed by atoms with E-state index < -0.39 is 0 Å². The van der Waals surface area contributed by atoms with Crippen molar-refractivity contribution in [1.82, 2.24) is 4.90 Å². The van der Waals surface area contributed by atoms with Gasteiger partial charge in [-0.25, -0.2) is 0 Å². The minimum absolute atomic E-state index is 0.132. The van der Waals surface area contributed by atoms with Crippen LogP contribution in [0.3, 0.4) is 0 Å². The van der Waals surface area contributed by atoms with Crippen LogP contribution in [0.15, 0.2) is 29.0 Å². The third-order valence-corrected chi connectivity index (χ3v) is 4.78. The van der Waals surface area contributed by atoms with Gasteiger partial charge in [-0.15, -0.1) is 22.7 Å². The Hall–Kier alpha value is -1.12. The summed E-state index contributed by atoms with van der Waals surface area (Å²) in [6, 6.07) is 6.36. The number of aliphatic hydroxyl groups is 1. The van der Waals surface area contributed by atoms with Gasteiger partial charge in [0.25, 0.3) is 0 Å². The molecule has 0 saturated carbocycles. The predicted octanol–water partition coefficient (Wildman–Crippen LogP) is 3.22. The molecule has 2 aromatic heterocycles. The maximum absolute atomic E-state index is 8.76. The largest absolute Gasteiger partial charge is 0.395 e. The molecule has 0 atom stereocenters. The van der Waals surface area contributed by atoms with Gasteiger partial charge < -0.3 is 10.0 Å². The lowest BCUT2D eigenvalue weighted by Crippen LogP contribution is -2.20. The second kappa shape index (κ2) is 8.23. The van der Waals surface area contributed by atoms with Crippen molar-refractivity contribution in [2.75, 3.05) is 20.2 Å². The molecule has 2 rings (SSSR count). The molecule has 2 nitrogen and oxygen atoms in total. The predicted molar refractivity (Wildman–Crippen MR) is 87.3 cm³/mol. The molecule has 0 radical (unpaired) electrons. The highest BCUT2D eigenvalue weighted by atomic mass is 32.1. The Morgan fingerprint density at radius 3 is 2.90 bits per heavy atom. The zero-order valence-corrected chi connectivity index (χ0v) is 13.3. The summed E-state index contributed by atoms with van der Waals surface area (Å²) in [5, 5.41) is 13.0. The molecule has 1 N–H and O–H groups in total. The molecule has 2 heterocycles. The van der Waals surface area contributed by atoms with Gasteiger partial charge in [0.2, 0.25) is 0 Å². The molecule has 0 unspecified atom stereocenters. The minimum atomic E-state index is 0.132. The molecular formula is C16H19NOS2. The SMILES string of the molecule is CN(CCc1cccs1)Cc1sccc1C#CCCO. The summed E-state index contributed by atoms with van der Waals surface area (Å²) in [5.74, 6) is 6.14. The summed E-state index contributed by atoms with van der Waals surface area (Å²) < 4.78 is 0. The molecule has 0 fully saturated rings. The molecule has 106 valence electrons. The van der Waals surface area contributed by atoms with Crippen molar-refractivity contribution in [1.29, 1.82) is 0 Å². The fourth-order valence-corrected chi connectivity index (χ4v) is 3.48. The van der Waals surface area contributed by atoms with E-state index in [9.17, 15) is 0 Å². The fraction of sp³-hybridized carbons (Fsp3) is 0.375. The van der Waals surface area contributed by atoms with E-state index in [-0.39, 0.29) is 6.61 Å². The molecule has 0 aliphatic carbocycles. The second-order valence-electron chi connectivity index (χ2n) is 4.60. The van der Waals surface area contributed by atoms with Crippen LogP contribution in [0, 0.1) is 11.8 Å². The van der Waals surface area contributed by atoms with E-state index in [1.807, 2.05) is 11.3 Å². The van der Waals surface area contributed by atoms with Crippen molar-refractivity contribution in [3.63, 3.8) is 0 Å². The van der Waals surface area contributed by atoms with Crippen LogP contribution in [-0.2, 0) is 13.0 Å². The van der Waals surface area contributed by atoms with E-state index >= 15 is 0 Å². The Morgan fingerprint density at radius 1 is 1.25 bits per heavy atom. The molecule has 4 heteroatoms. The van der Waals surface area contributed by atoms with Gasteiger partial charge in [-0.3, -0.25) is 0 Å². The Balaban J connectivity index is 1.86. The Morgan fingerprint density at radius 2 is 2.15 bits per heavy atom. The van der Waals surface area contributed by atoms with Gasteiger partial charge >= 0.3 is 0 Å². The van der Waals surface area contributed by atoms with E-state index in [2.05, 4.69) is 52.7 Å². The smallest absolute Gasteiger partial charge is 0.0540 e. The lowest BCUT2D eigenvalue weighted by atomic mass is 10.2. The molecular weight excluding hydrogens is 286 g/mol. The first-order chi connectivity index (χ1) is 9.79. The van der Waals surface area contributed by atoms with Crippen molar-refractivity contribution in [2.24, 2.45) is 0 Å². The van der Waals surface area contributed by atoms with Crippen molar-refractivity contribution in [3.8, 4) is 11.8 Å². The van der Waals surface area contributed by atoms with Crippen molar-refractivity contribution >= 4 is 22.7 Å². The first kappa shape index (κ1) is 15.3. The van der Waals surface area contributed by atoms with E-state index in [1.54, 1.807) is 11.3 Å². The third-order valence-electron chi connectivity index (χ3n) is 2.94. The molecule has 2 aromatic rings. The monoisotopic (exact) mass is 305 g/mol. The van der Waals surface area contributed by atoms with Crippen LogP contribution in [0.1, 0.15) is 21.7 Å². The summed E-state index contributed by atoms with van der Waals surface area (Å²) in [6.07, 6.45) is 1.65. The van der Waals surface area contributed by atoms with Crippen molar-refractivity contribution in [3.05, 3.63) is 44.3 Å². The maximum atomic E-state index is 8.76. The van der Waals surface area contributed by atoms with Gasteiger partial charge in [-0.1, -0.05) is 17.9 Å². The normalized spacial score (nSPS) is 10.6. The molecule has 0 amide bonds. The highest BCUT2D eigenvalue weighted by molar-refractivity contribution is 7.10. The Kier molecular flexibility index (Phi) is 6.28. The van der Waals surface area contributed by atoms with Gasteiger partial charge in [0.15, 0.2) is 0 Å². The quantitative estimate of drug-likeness (QED) is 0.828. The molecule has 0 saturated heterocycles. The zero-order chi connectivity index (χ0) is 14.2. The maximum Gasteiger partial charge on any atom is 0.0540 e. The Bertz CT molecular complexity index is 563. The molecule has 0 aliphatic heterocycles. The summed E-state index contributed by atoms with van der Waals surface area (Å²) in [4.78, 5) is 5.08. The number of hydrogen-bond donors (Lipinski definition) is 1. The second-order valence-corrected chi connectivity index (χ2v) is 6.63. The number of thiophene rings is 2. The van der Waals surface area contributed by atoms with Gasteiger partial charge in [0.05, 0.1) is 6.61 Å². The Labute approximate surface area is 128 Å². The van der Waals surface area contributed by atoms with E-state index in [0.717, 1.165) is 25.1 Å². The highest BCUT2D eigenvalue weighted by Crippen LogP contribution is 2.18. The first-order valence-electron chi connectivity index (χ1n) is 6.66. The highest BCUT2D eigenvalue weighted by Gasteiger charge is 2.06. The van der Waals surface area contributed by atoms with Gasteiger partial charge in [0.1, 0.15) is 0 Å². The fourth-order valence-electron chi connectivity index (χ4n) is 1.87. The van der Waals surface area contributed by atoms with Crippen LogP contribution in [-0.4, -0.2) is 30.2 Å². The molecule has 0 aliphatic rings. The van der Waals surface area contributed by atoms with E-state index in [0.29, 0.717) is 6.42 Å². The first-order valence-corrected chi connectivity index (χ1v) is 8.42. The van der Waals surface area contributed by atoms with Crippen LogP contribution >= 0.6 is 22.7 Å². The third kappa shape index (κ3) is 4.77. The zero-order valence-electron chi connectivity index (χ0n) is 11.6. The number of hydrogen-bond acceptors (Lipinski definition) is 4. The van der Waals surface area contributed by atoms with Crippen LogP contribution in [0.2, 0.25) is 0 Å². The lowest BCUT2D eigenvalue weighted by Gasteiger charge is -2.15. The molecule has 0 aromatic carbocycles. The number of nitrogens with zero attached hydrogens (tertiary/aromatic N) is 1. The van der Waals surface area contributed by atoms with E-state index in [4.69, 9.17) is 5.11 Å². The molecule has 0 bridgehead atoms. The van der Waals surface area contributed by atoms with E-state index in [1.165, 1.54) is 9.75 Å². The standard InChI is InChI=1S/C16H19NOS2/c1-17(9-7-15-6-4-11-19-15)13-16-14(8-12-20-16)5-2-3-10-18/h4,6,8,11-12,18H,3,7,9-10,13H2,1H3. The molecule has 0 spiro atoms. The topological polar surface area (TPSA) is 23.5 Å². The lowest BCUT2D eigenvalue weighted by molar-refractivity contribution is 0.305. The van der Waals surface area contributed by atoms with Gasteiger partial charge in [-0.2, -0.15) is 0 Å². The van der Waals surface area contributed by atoms with Gasteiger partial charge in [-0.05, 0) is 36.4 Å². The number of likely N-dealkylation sites (N-methyl/N-ethyl adjacent to an activating group) is 1. The van der Waals surface area contributed by atoms with Crippen LogP contribution in [0.25, 0.3) is 0 Å². The van der Waals surface area contributed by atoms with Crippen LogP contribution in [0.4, 0.5) is 0 Å². The number of aliphatic hydroxyl groups excluding tert-OH is 1. The van der Waals surface area contributed by atoms with Crippen molar-refractivity contribution in [2.45, 2.75) is 19.4 Å². The van der Waals surface area contributed by atoms with Crippen LogP contribution in [0.5, 0.6) is 0 Å². The summed E-state index contributed by atoms with van der Waals surface area (Å²) in [7, 11) is 2.15. The summed E-state index contributed by atoms with van der Waals surface area (Å²) in [6.45, 7) is 2.13. The van der Waals surface area contributed by atoms with Gasteiger partial charge in [0, 0.05) is 34.8 Å². The average molecular weight is 305 g/mol. The average Bonchev–Trinajstić information content (AvgIpc) is 3.09.